The van der Waals surface area contributed by atoms with E-state index in [1.54, 1.807) is 10.8 Å². The van der Waals surface area contributed by atoms with E-state index in [1.165, 1.54) is 0 Å². The van der Waals surface area contributed by atoms with Crippen molar-refractivity contribution in [1.82, 2.24) is 14.5 Å². The van der Waals surface area contributed by atoms with E-state index in [1.807, 2.05) is 73.7 Å². The maximum Gasteiger partial charge on any atom is 0.257 e. The minimum absolute atomic E-state index is 0.00292. The second-order valence-electron chi connectivity index (χ2n) is 8.43. The summed E-state index contributed by atoms with van der Waals surface area (Å²) >= 11 is 0. The van der Waals surface area contributed by atoms with Crippen LogP contribution >= 0.6 is 0 Å². The Hall–Kier alpha value is -4.04. The standard InChI is InChI=1S/C29H28N4O/c1-3-4-12-28-27(29(34)33(21(2)32-28)20-25-10-7-8-17-31-25)18-22-13-15-23(16-14-22)26-11-6-5-9-24(26)19-30/h5-11,13-17H,3-4,12,18,20H2,1-2H3. The molecule has 0 saturated carbocycles. The number of hydrogen-bond donors (Lipinski definition) is 0. The average molecular weight is 449 g/mol. The van der Waals surface area contributed by atoms with Crippen LogP contribution in [-0.2, 0) is 19.4 Å². The van der Waals surface area contributed by atoms with Crippen molar-refractivity contribution in [2.24, 2.45) is 0 Å². The molecule has 4 rings (SSSR count). The highest BCUT2D eigenvalue weighted by Crippen LogP contribution is 2.24. The number of nitriles is 1. The predicted octanol–water partition coefficient (Wildman–Crippen LogP) is 5.47. The van der Waals surface area contributed by atoms with Gasteiger partial charge in [0.1, 0.15) is 5.82 Å². The van der Waals surface area contributed by atoms with Crippen molar-refractivity contribution in [3.05, 3.63) is 117 Å². The zero-order chi connectivity index (χ0) is 23.9. The molecule has 4 aromatic rings. The predicted molar refractivity (Wildman–Crippen MR) is 135 cm³/mol. The lowest BCUT2D eigenvalue weighted by Crippen LogP contribution is -2.30. The highest BCUT2D eigenvalue weighted by atomic mass is 16.1. The number of rotatable bonds is 8. The molecule has 2 aromatic carbocycles. The van der Waals surface area contributed by atoms with Gasteiger partial charge in [0.2, 0.25) is 0 Å². The van der Waals surface area contributed by atoms with Gasteiger partial charge in [0, 0.05) is 18.2 Å². The summed E-state index contributed by atoms with van der Waals surface area (Å²) in [6, 6.07) is 23.7. The first kappa shape index (κ1) is 23.1. The third-order valence-corrected chi connectivity index (χ3v) is 6.05. The van der Waals surface area contributed by atoms with E-state index in [0.717, 1.165) is 52.9 Å². The number of unbranched alkanes of at least 4 members (excludes halogenated alkanes) is 1. The van der Waals surface area contributed by atoms with E-state index in [-0.39, 0.29) is 5.56 Å². The van der Waals surface area contributed by atoms with Gasteiger partial charge in [-0.25, -0.2) is 4.98 Å². The van der Waals surface area contributed by atoms with E-state index in [2.05, 4.69) is 18.0 Å². The van der Waals surface area contributed by atoms with Crippen molar-refractivity contribution in [1.29, 1.82) is 5.26 Å². The van der Waals surface area contributed by atoms with Crippen molar-refractivity contribution in [3.8, 4) is 17.2 Å². The SMILES string of the molecule is CCCCc1nc(C)n(Cc2ccccn2)c(=O)c1Cc1ccc(-c2ccccc2C#N)cc1. The zero-order valence-electron chi connectivity index (χ0n) is 19.7. The molecule has 0 N–H and O–H groups in total. The first-order valence-corrected chi connectivity index (χ1v) is 11.7. The summed E-state index contributed by atoms with van der Waals surface area (Å²) in [6.45, 7) is 4.45. The van der Waals surface area contributed by atoms with Crippen molar-refractivity contribution in [2.75, 3.05) is 0 Å². The van der Waals surface area contributed by atoms with E-state index in [9.17, 15) is 10.1 Å². The van der Waals surface area contributed by atoms with Crippen LogP contribution < -0.4 is 5.56 Å². The van der Waals surface area contributed by atoms with Gasteiger partial charge >= 0.3 is 0 Å². The van der Waals surface area contributed by atoms with Crippen molar-refractivity contribution >= 4 is 0 Å². The smallest absolute Gasteiger partial charge is 0.257 e. The molecular weight excluding hydrogens is 420 g/mol. The molecule has 0 aliphatic rings. The third-order valence-electron chi connectivity index (χ3n) is 6.05. The maximum atomic E-state index is 13.6. The molecular formula is C29H28N4O. The molecule has 5 nitrogen and oxygen atoms in total. The van der Waals surface area contributed by atoms with Gasteiger partial charge in [0.05, 0.1) is 29.6 Å². The second kappa shape index (κ2) is 10.7. The Morgan fingerprint density at radius 2 is 1.76 bits per heavy atom. The van der Waals surface area contributed by atoms with E-state index >= 15 is 0 Å². The molecule has 0 unspecified atom stereocenters. The molecule has 170 valence electrons. The third kappa shape index (κ3) is 5.13. The molecule has 0 aliphatic heterocycles. The Balaban J connectivity index is 1.69. The largest absolute Gasteiger partial charge is 0.291 e. The highest BCUT2D eigenvalue weighted by molar-refractivity contribution is 5.70. The van der Waals surface area contributed by atoms with Crippen molar-refractivity contribution < 1.29 is 0 Å². The fourth-order valence-corrected chi connectivity index (χ4v) is 4.16. The van der Waals surface area contributed by atoms with Crippen molar-refractivity contribution in [3.63, 3.8) is 0 Å². The molecule has 0 bridgehead atoms. The van der Waals surface area contributed by atoms with Crippen LogP contribution in [0, 0.1) is 18.3 Å². The van der Waals surface area contributed by atoms with E-state index < -0.39 is 0 Å². The van der Waals surface area contributed by atoms with Crippen LogP contribution in [-0.4, -0.2) is 14.5 Å². The number of aromatic nitrogens is 3. The maximum absolute atomic E-state index is 13.6. The highest BCUT2D eigenvalue weighted by Gasteiger charge is 2.16. The molecule has 0 fully saturated rings. The molecule has 0 spiro atoms. The summed E-state index contributed by atoms with van der Waals surface area (Å²) < 4.78 is 1.73. The summed E-state index contributed by atoms with van der Waals surface area (Å²) in [7, 11) is 0. The topological polar surface area (TPSA) is 71.6 Å². The van der Waals surface area contributed by atoms with Crippen LogP contribution in [0.1, 0.15) is 53.7 Å². The Morgan fingerprint density at radius 3 is 2.47 bits per heavy atom. The van der Waals surface area contributed by atoms with Gasteiger partial charge in [0.25, 0.3) is 5.56 Å². The van der Waals surface area contributed by atoms with Gasteiger partial charge in [-0.15, -0.1) is 0 Å². The first-order chi connectivity index (χ1) is 16.6. The first-order valence-electron chi connectivity index (χ1n) is 11.7. The number of nitrogens with zero attached hydrogens (tertiary/aromatic N) is 4. The molecule has 2 heterocycles. The number of benzene rings is 2. The number of pyridine rings is 1. The minimum atomic E-state index is 0.00292. The number of aryl methyl sites for hydroxylation is 2. The van der Waals surface area contributed by atoms with Crippen LogP contribution in [0.3, 0.4) is 0 Å². The number of hydrogen-bond acceptors (Lipinski definition) is 4. The summed E-state index contributed by atoms with van der Waals surface area (Å²) in [5.74, 6) is 0.717. The van der Waals surface area contributed by atoms with Crippen LogP contribution in [0.25, 0.3) is 11.1 Å². The second-order valence-corrected chi connectivity index (χ2v) is 8.43. The van der Waals surface area contributed by atoms with Gasteiger partial charge < -0.3 is 0 Å². The van der Waals surface area contributed by atoms with Gasteiger partial charge in [0.15, 0.2) is 0 Å². The monoisotopic (exact) mass is 448 g/mol. The van der Waals surface area contributed by atoms with Gasteiger partial charge in [-0.05, 0) is 54.7 Å². The summed E-state index contributed by atoms with van der Waals surface area (Å²) in [4.78, 5) is 22.8. The van der Waals surface area contributed by atoms with Crippen molar-refractivity contribution in [2.45, 2.75) is 46.1 Å². The van der Waals surface area contributed by atoms with E-state index in [4.69, 9.17) is 4.98 Å². The molecule has 0 atom stereocenters. The molecule has 0 radical (unpaired) electrons. The molecule has 5 heteroatoms. The summed E-state index contributed by atoms with van der Waals surface area (Å²) in [5, 5.41) is 9.42. The Morgan fingerprint density at radius 1 is 1.00 bits per heavy atom. The summed E-state index contributed by atoms with van der Waals surface area (Å²) in [6.07, 6.45) is 5.09. The zero-order valence-corrected chi connectivity index (χ0v) is 19.7. The van der Waals surface area contributed by atoms with Crippen LogP contribution in [0.4, 0.5) is 0 Å². The lowest BCUT2D eigenvalue weighted by atomic mass is 9.97. The average Bonchev–Trinajstić information content (AvgIpc) is 2.88. The lowest BCUT2D eigenvalue weighted by Gasteiger charge is -2.15. The van der Waals surface area contributed by atoms with Gasteiger partial charge in [-0.1, -0.05) is 61.9 Å². The molecule has 0 saturated heterocycles. The van der Waals surface area contributed by atoms with Crippen LogP contribution in [0.2, 0.25) is 0 Å². The fourth-order valence-electron chi connectivity index (χ4n) is 4.16. The van der Waals surface area contributed by atoms with Crippen LogP contribution in [0.15, 0.2) is 77.7 Å². The fraction of sp³-hybridized carbons (Fsp3) is 0.241. The Labute approximate surface area is 200 Å². The summed E-state index contributed by atoms with van der Waals surface area (Å²) in [5.41, 5.74) is 6.07. The van der Waals surface area contributed by atoms with Gasteiger partial charge in [-0.2, -0.15) is 5.26 Å². The quantitative estimate of drug-likeness (QED) is 0.358. The lowest BCUT2D eigenvalue weighted by molar-refractivity contribution is 0.653. The minimum Gasteiger partial charge on any atom is -0.291 e. The van der Waals surface area contributed by atoms with E-state index in [0.29, 0.717) is 24.4 Å². The molecule has 0 aliphatic carbocycles. The molecule has 34 heavy (non-hydrogen) atoms. The molecule has 0 amide bonds. The Kier molecular flexibility index (Phi) is 7.29. The van der Waals surface area contributed by atoms with Gasteiger partial charge in [-0.3, -0.25) is 14.3 Å². The Bertz CT molecular complexity index is 1370. The van der Waals surface area contributed by atoms with Crippen LogP contribution in [0.5, 0.6) is 0 Å². The molecule has 2 aromatic heterocycles. The normalized spacial score (nSPS) is 10.7.